The maximum Gasteiger partial charge on any atom is 0.323 e. The molecule has 1 aromatic carbocycles. The Morgan fingerprint density at radius 1 is 1.22 bits per heavy atom. The first-order valence-corrected chi connectivity index (χ1v) is 13.1. The Morgan fingerprint density at radius 2 is 1.95 bits per heavy atom. The average molecular weight is 524 g/mol. The van der Waals surface area contributed by atoms with Crippen molar-refractivity contribution in [3.8, 4) is 11.4 Å². The van der Waals surface area contributed by atoms with E-state index >= 15 is 0 Å². The molecule has 2 aromatic heterocycles. The molecule has 196 valence electrons. The molecule has 3 aromatic rings. The Kier molecular flexibility index (Phi) is 7.54. The molecule has 2 saturated heterocycles. The second kappa shape index (κ2) is 11.0. The zero-order chi connectivity index (χ0) is 25.9. The lowest BCUT2D eigenvalue weighted by Gasteiger charge is -2.33. The zero-order valence-electron chi connectivity index (χ0n) is 21.1. The van der Waals surface area contributed by atoms with Crippen LogP contribution in [0.5, 0.6) is 0 Å². The van der Waals surface area contributed by atoms with Gasteiger partial charge in [0.1, 0.15) is 18.2 Å². The number of benzene rings is 1. The second-order valence-corrected chi connectivity index (χ2v) is 10.3. The molecule has 4 N–H and O–H groups in total. The quantitative estimate of drug-likeness (QED) is 0.231. The molecular formula is C26H33N7O3S. The van der Waals surface area contributed by atoms with Gasteiger partial charge in [-0.15, -0.1) is 5.10 Å². The Labute approximate surface area is 221 Å². The smallest absolute Gasteiger partial charge is 0.323 e. The molecule has 0 unspecified atom stereocenters. The maximum absolute atomic E-state index is 11.8. The number of hydrogen-bond acceptors (Lipinski definition) is 8. The van der Waals surface area contributed by atoms with Crippen LogP contribution >= 0.6 is 12.2 Å². The SMILES string of the molecule is CC(C)[C@H](N)C(=O)OCCNC(=S)Nc1ccc(-c2nc(N3C[C@@H]4CC[C@@H](C3)O4)c3cccn3n2)cc1. The number of fused-ring (bicyclic) bond motifs is 3. The summed E-state index contributed by atoms with van der Waals surface area (Å²) in [4.78, 5) is 19.1. The predicted molar refractivity (Wildman–Crippen MR) is 147 cm³/mol. The number of hydrogen-bond donors (Lipinski definition) is 3. The van der Waals surface area contributed by atoms with E-state index in [1.807, 2.05) is 54.9 Å². The van der Waals surface area contributed by atoms with Gasteiger partial charge in [-0.3, -0.25) is 4.79 Å². The molecule has 37 heavy (non-hydrogen) atoms. The highest BCUT2D eigenvalue weighted by Gasteiger charge is 2.35. The van der Waals surface area contributed by atoms with Crippen molar-refractivity contribution in [2.24, 2.45) is 11.7 Å². The third-order valence-corrected chi connectivity index (χ3v) is 6.98. The number of carbonyl (C=O) groups is 1. The molecule has 11 heteroatoms. The number of esters is 1. The zero-order valence-corrected chi connectivity index (χ0v) is 21.9. The Morgan fingerprint density at radius 3 is 2.65 bits per heavy atom. The molecular weight excluding hydrogens is 490 g/mol. The van der Waals surface area contributed by atoms with Crippen LogP contribution in [0.4, 0.5) is 11.5 Å². The number of rotatable bonds is 8. The highest BCUT2D eigenvalue weighted by atomic mass is 32.1. The van der Waals surface area contributed by atoms with E-state index in [1.165, 1.54) is 0 Å². The van der Waals surface area contributed by atoms with E-state index in [4.69, 9.17) is 37.5 Å². The van der Waals surface area contributed by atoms with Gasteiger partial charge >= 0.3 is 5.97 Å². The van der Waals surface area contributed by atoms with Crippen molar-refractivity contribution >= 4 is 40.3 Å². The molecule has 0 aliphatic carbocycles. The number of ether oxygens (including phenoxy) is 2. The van der Waals surface area contributed by atoms with E-state index in [9.17, 15) is 4.79 Å². The van der Waals surface area contributed by atoms with Crippen LogP contribution in [0.25, 0.3) is 16.9 Å². The van der Waals surface area contributed by atoms with Gasteiger partial charge in [-0.2, -0.15) is 0 Å². The summed E-state index contributed by atoms with van der Waals surface area (Å²) < 4.78 is 13.1. The van der Waals surface area contributed by atoms with Crippen LogP contribution in [0.1, 0.15) is 26.7 Å². The van der Waals surface area contributed by atoms with Crippen molar-refractivity contribution in [3.63, 3.8) is 0 Å². The minimum atomic E-state index is -0.620. The summed E-state index contributed by atoms with van der Waals surface area (Å²) in [5, 5.41) is 11.3. The first kappa shape index (κ1) is 25.4. The Bertz CT molecular complexity index is 1250. The van der Waals surface area contributed by atoms with Gasteiger partial charge in [0.2, 0.25) is 0 Å². The minimum absolute atomic E-state index is 0.0304. The highest BCUT2D eigenvalue weighted by Crippen LogP contribution is 2.32. The van der Waals surface area contributed by atoms with Gasteiger partial charge in [0.15, 0.2) is 16.8 Å². The van der Waals surface area contributed by atoms with Crippen molar-refractivity contribution in [2.75, 3.05) is 36.5 Å². The van der Waals surface area contributed by atoms with E-state index in [0.717, 1.165) is 48.5 Å². The minimum Gasteiger partial charge on any atom is -0.463 e. The molecule has 2 fully saturated rings. The van der Waals surface area contributed by atoms with Gasteiger partial charge in [-0.1, -0.05) is 13.8 Å². The van der Waals surface area contributed by atoms with Crippen LogP contribution in [0.2, 0.25) is 0 Å². The number of anilines is 2. The summed E-state index contributed by atoms with van der Waals surface area (Å²) >= 11 is 5.36. The van der Waals surface area contributed by atoms with Gasteiger partial charge in [-0.05, 0) is 67.4 Å². The van der Waals surface area contributed by atoms with Gasteiger partial charge in [-0.25, -0.2) is 9.50 Å². The van der Waals surface area contributed by atoms with Crippen molar-refractivity contribution in [1.29, 1.82) is 0 Å². The fourth-order valence-corrected chi connectivity index (χ4v) is 4.84. The first-order chi connectivity index (χ1) is 17.9. The largest absolute Gasteiger partial charge is 0.463 e. The normalized spacial score (nSPS) is 19.7. The Hall–Kier alpha value is -3.28. The number of aromatic nitrogens is 3. The molecule has 2 bridgehead atoms. The van der Waals surface area contributed by atoms with Crippen molar-refractivity contribution in [1.82, 2.24) is 19.9 Å². The lowest BCUT2D eigenvalue weighted by Crippen LogP contribution is -2.43. The van der Waals surface area contributed by atoms with Crippen molar-refractivity contribution in [2.45, 2.75) is 44.9 Å². The van der Waals surface area contributed by atoms with Crippen LogP contribution < -0.4 is 21.3 Å². The monoisotopic (exact) mass is 523 g/mol. The van der Waals surface area contributed by atoms with E-state index < -0.39 is 12.0 Å². The third kappa shape index (κ3) is 5.84. The van der Waals surface area contributed by atoms with Gasteiger partial charge in [0.25, 0.3) is 0 Å². The molecule has 10 nitrogen and oxygen atoms in total. The summed E-state index contributed by atoms with van der Waals surface area (Å²) in [6.45, 7) is 6.04. The summed E-state index contributed by atoms with van der Waals surface area (Å²) in [6, 6.07) is 11.2. The standard InChI is InChI=1S/C26H33N7O3S/c1-16(2)22(27)25(34)35-13-11-28-26(37)29-18-7-5-17(6-8-18)23-30-24(21-4-3-12-33(21)31-23)32-14-19-9-10-20(15-32)36-19/h3-8,12,16,19-20,22H,9-11,13-15,27H2,1-2H3,(H2,28,29,37)/t19-,20-,22-/m0/s1. The first-order valence-electron chi connectivity index (χ1n) is 12.7. The highest BCUT2D eigenvalue weighted by molar-refractivity contribution is 7.80. The van der Waals surface area contributed by atoms with Crippen LogP contribution in [0.3, 0.4) is 0 Å². The van der Waals surface area contributed by atoms with E-state index in [1.54, 1.807) is 0 Å². The van der Waals surface area contributed by atoms with E-state index in [0.29, 0.717) is 17.5 Å². The number of thiocarbonyl (C=S) groups is 1. The molecule has 4 heterocycles. The maximum atomic E-state index is 11.8. The number of nitrogens with zero attached hydrogens (tertiary/aromatic N) is 4. The van der Waals surface area contributed by atoms with Crippen molar-refractivity contribution < 1.29 is 14.3 Å². The molecule has 0 saturated carbocycles. The summed E-state index contributed by atoms with van der Waals surface area (Å²) in [5.74, 6) is 1.22. The van der Waals surface area contributed by atoms with Crippen LogP contribution in [-0.4, -0.2) is 70.2 Å². The number of nitrogens with two attached hydrogens (primary N) is 1. The van der Waals surface area contributed by atoms with Crippen LogP contribution in [-0.2, 0) is 14.3 Å². The molecule has 0 spiro atoms. The van der Waals surface area contributed by atoms with Gasteiger partial charge in [0, 0.05) is 30.5 Å². The lowest BCUT2D eigenvalue weighted by molar-refractivity contribution is -0.146. The number of nitrogens with one attached hydrogen (secondary N) is 2. The number of morpholine rings is 1. The van der Waals surface area contributed by atoms with E-state index in [-0.39, 0.29) is 24.7 Å². The summed E-state index contributed by atoms with van der Waals surface area (Å²) in [6.07, 6.45) is 4.73. The van der Waals surface area contributed by atoms with E-state index in [2.05, 4.69) is 21.6 Å². The molecule has 3 atom stereocenters. The number of carbonyl (C=O) groups excluding carboxylic acids is 1. The van der Waals surface area contributed by atoms with Gasteiger partial charge < -0.3 is 30.7 Å². The topological polar surface area (TPSA) is 119 Å². The van der Waals surface area contributed by atoms with Crippen molar-refractivity contribution in [3.05, 3.63) is 42.6 Å². The average Bonchev–Trinajstić information content (AvgIpc) is 3.51. The molecule has 2 aliphatic rings. The Balaban J connectivity index is 1.20. The molecule has 2 aliphatic heterocycles. The molecule has 5 rings (SSSR count). The lowest BCUT2D eigenvalue weighted by atomic mass is 10.1. The predicted octanol–water partition coefficient (Wildman–Crippen LogP) is 2.58. The molecule has 0 radical (unpaired) electrons. The van der Waals surface area contributed by atoms with Crippen LogP contribution in [0, 0.1) is 5.92 Å². The summed E-state index contributed by atoms with van der Waals surface area (Å²) in [5.41, 5.74) is 8.52. The summed E-state index contributed by atoms with van der Waals surface area (Å²) in [7, 11) is 0. The van der Waals surface area contributed by atoms with Crippen LogP contribution in [0.15, 0.2) is 42.6 Å². The molecule has 0 amide bonds. The third-order valence-electron chi connectivity index (χ3n) is 6.74. The fourth-order valence-electron chi connectivity index (χ4n) is 4.62. The van der Waals surface area contributed by atoms with Gasteiger partial charge in [0.05, 0.1) is 18.8 Å². The fraction of sp³-hybridized carbons (Fsp3) is 0.462. The second-order valence-electron chi connectivity index (χ2n) is 9.85.